The van der Waals surface area contributed by atoms with Gasteiger partial charge in [0.05, 0.1) is 21.7 Å². The molecule has 0 aromatic heterocycles. The van der Waals surface area contributed by atoms with E-state index in [0.717, 1.165) is 37.8 Å². The largest absolute Gasteiger partial charge is 0.416 e. The van der Waals surface area contributed by atoms with Crippen molar-refractivity contribution >= 4 is 23.2 Å². The Bertz CT molecular complexity index is 743. The highest BCUT2D eigenvalue weighted by atomic mass is 35.5. The van der Waals surface area contributed by atoms with Crippen molar-refractivity contribution < 1.29 is 13.2 Å². The van der Waals surface area contributed by atoms with Crippen LogP contribution in [0, 0.1) is 0 Å². The predicted molar refractivity (Wildman–Crippen MR) is 94.2 cm³/mol. The highest BCUT2D eigenvalue weighted by Gasteiger charge is 2.32. The fourth-order valence-electron chi connectivity index (χ4n) is 3.12. The van der Waals surface area contributed by atoms with Crippen LogP contribution in [0.25, 0.3) is 0 Å². The zero-order valence-corrected chi connectivity index (χ0v) is 14.8. The molecule has 1 fully saturated rings. The third-order valence-electron chi connectivity index (χ3n) is 4.31. The minimum Gasteiger partial charge on any atom is -0.314 e. The number of rotatable bonds is 3. The molecule has 0 radical (unpaired) electrons. The predicted octanol–water partition coefficient (Wildman–Crippen LogP) is 5.01. The smallest absolute Gasteiger partial charge is 0.314 e. The average molecular weight is 389 g/mol. The van der Waals surface area contributed by atoms with Crippen LogP contribution < -0.4 is 5.32 Å². The molecule has 1 atom stereocenters. The number of alkyl halides is 3. The first-order valence-electron chi connectivity index (χ1n) is 7.93. The number of nitrogens with one attached hydrogen (secondary N) is 1. The highest BCUT2D eigenvalue weighted by Crippen LogP contribution is 2.36. The van der Waals surface area contributed by atoms with Crippen LogP contribution in [0.4, 0.5) is 13.2 Å². The van der Waals surface area contributed by atoms with Crippen molar-refractivity contribution in [2.45, 2.75) is 12.2 Å². The van der Waals surface area contributed by atoms with E-state index in [4.69, 9.17) is 23.2 Å². The number of nitrogens with zero attached hydrogens (tertiary/aromatic N) is 1. The maximum atomic E-state index is 13.1. The summed E-state index contributed by atoms with van der Waals surface area (Å²) in [6.07, 6.45) is -4.37. The van der Waals surface area contributed by atoms with Gasteiger partial charge in [-0.15, -0.1) is 0 Å². The van der Waals surface area contributed by atoms with Gasteiger partial charge in [0.1, 0.15) is 0 Å². The zero-order chi connectivity index (χ0) is 18.0. The third kappa shape index (κ3) is 4.29. The van der Waals surface area contributed by atoms with Crippen molar-refractivity contribution in [2.24, 2.45) is 0 Å². The highest BCUT2D eigenvalue weighted by molar-refractivity contribution is 6.42. The first-order chi connectivity index (χ1) is 11.9. The van der Waals surface area contributed by atoms with Crippen LogP contribution in [-0.2, 0) is 6.18 Å². The molecule has 2 aromatic rings. The van der Waals surface area contributed by atoms with Crippen LogP contribution in [-0.4, -0.2) is 31.1 Å². The Morgan fingerprint density at radius 3 is 2.24 bits per heavy atom. The number of halogens is 5. The van der Waals surface area contributed by atoms with Crippen molar-refractivity contribution in [1.82, 2.24) is 10.2 Å². The Morgan fingerprint density at radius 1 is 0.920 bits per heavy atom. The van der Waals surface area contributed by atoms with E-state index < -0.39 is 11.7 Å². The quantitative estimate of drug-likeness (QED) is 0.794. The van der Waals surface area contributed by atoms with Gasteiger partial charge in [-0.1, -0.05) is 41.4 Å². The summed E-state index contributed by atoms with van der Waals surface area (Å²) in [4.78, 5) is 2.16. The molecule has 0 aliphatic carbocycles. The second-order valence-corrected chi connectivity index (χ2v) is 6.80. The number of hydrogen-bond donors (Lipinski definition) is 1. The van der Waals surface area contributed by atoms with Crippen molar-refractivity contribution in [3.05, 3.63) is 69.2 Å². The summed E-state index contributed by atoms with van der Waals surface area (Å²) in [5, 5.41) is 4.08. The molecule has 1 unspecified atom stereocenters. The average Bonchev–Trinajstić information content (AvgIpc) is 2.59. The lowest BCUT2D eigenvalue weighted by Crippen LogP contribution is -2.45. The second kappa shape index (κ2) is 7.54. The third-order valence-corrected chi connectivity index (χ3v) is 5.04. The Kier molecular flexibility index (Phi) is 5.58. The molecule has 25 heavy (non-hydrogen) atoms. The Balaban J connectivity index is 2.06. The molecule has 0 bridgehead atoms. The van der Waals surface area contributed by atoms with Crippen LogP contribution in [0.1, 0.15) is 22.7 Å². The fourth-order valence-corrected chi connectivity index (χ4v) is 3.43. The lowest BCUT2D eigenvalue weighted by atomic mass is 9.95. The molecule has 0 spiro atoms. The Morgan fingerprint density at radius 2 is 1.60 bits per heavy atom. The van der Waals surface area contributed by atoms with Crippen LogP contribution in [0.2, 0.25) is 10.0 Å². The lowest BCUT2D eigenvalue weighted by molar-refractivity contribution is -0.137. The van der Waals surface area contributed by atoms with Gasteiger partial charge in [-0.25, -0.2) is 0 Å². The zero-order valence-electron chi connectivity index (χ0n) is 13.3. The van der Waals surface area contributed by atoms with Crippen LogP contribution in [0.15, 0.2) is 42.5 Å². The van der Waals surface area contributed by atoms with Gasteiger partial charge in [-0.2, -0.15) is 13.2 Å². The fraction of sp³-hybridized carbons (Fsp3) is 0.333. The number of benzene rings is 2. The van der Waals surface area contributed by atoms with Gasteiger partial charge >= 0.3 is 6.18 Å². The molecule has 2 nitrogen and oxygen atoms in total. The van der Waals surface area contributed by atoms with E-state index in [1.165, 1.54) is 12.1 Å². The van der Waals surface area contributed by atoms with E-state index in [1.54, 1.807) is 18.2 Å². The Hall–Kier alpha value is -1.27. The van der Waals surface area contributed by atoms with E-state index in [-0.39, 0.29) is 6.04 Å². The summed E-state index contributed by atoms with van der Waals surface area (Å²) < 4.78 is 39.4. The van der Waals surface area contributed by atoms with Gasteiger partial charge < -0.3 is 5.32 Å². The SMILES string of the molecule is FC(F)(F)c1cccc(C(c2ccc(Cl)c(Cl)c2)N2CCNCC2)c1. The first kappa shape index (κ1) is 18.5. The molecule has 1 saturated heterocycles. The van der Waals surface area contributed by atoms with Crippen LogP contribution in [0.3, 0.4) is 0 Å². The summed E-state index contributed by atoms with van der Waals surface area (Å²) in [6.45, 7) is 3.05. The van der Waals surface area contributed by atoms with Crippen molar-refractivity contribution in [3.63, 3.8) is 0 Å². The van der Waals surface area contributed by atoms with Crippen LogP contribution in [0.5, 0.6) is 0 Å². The summed E-state index contributed by atoms with van der Waals surface area (Å²) in [5.41, 5.74) is 0.774. The van der Waals surface area contributed by atoms with E-state index >= 15 is 0 Å². The summed E-state index contributed by atoms with van der Waals surface area (Å²) in [5.74, 6) is 0. The van der Waals surface area contributed by atoms with Crippen LogP contribution >= 0.6 is 23.2 Å². The summed E-state index contributed by atoms with van der Waals surface area (Å²) >= 11 is 12.1. The molecule has 0 amide bonds. The molecule has 1 aliphatic rings. The standard InChI is InChI=1S/C18H17Cl2F3N2/c19-15-5-4-13(11-16(15)20)17(25-8-6-24-7-9-25)12-2-1-3-14(10-12)18(21,22)23/h1-5,10-11,17,24H,6-9H2. The van der Waals surface area contributed by atoms with Crippen molar-refractivity contribution in [1.29, 1.82) is 0 Å². The molecule has 1 N–H and O–H groups in total. The lowest BCUT2D eigenvalue weighted by Gasteiger charge is -2.36. The number of piperazine rings is 1. The van der Waals surface area contributed by atoms with Crippen molar-refractivity contribution in [3.8, 4) is 0 Å². The molecular weight excluding hydrogens is 372 g/mol. The molecule has 2 aromatic carbocycles. The normalized spacial score (nSPS) is 17.5. The molecule has 0 saturated carbocycles. The van der Waals surface area contributed by atoms with Crippen molar-refractivity contribution in [2.75, 3.05) is 26.2 Å². The van der Waals surface area contributed by atoms with Gasteiger partial charge in [0.2, 0.25) is 0 Å². The van der Waals surface area contributed by atoms with E-state index in [0.29, 0.717) is 15.6 Å². The monoisotopic (exact) mass is 388 g/mol. The molecule has 1 heterocycles. The van der Waals surface area contributed by atoms with E-state index in [9.17, 15) is 13.2 Å². The molecule has 3 rings (SSSR count). The Labute approximate surface area is 154 Å². The molecule has 7 heteroatoms. The van der Waals surface area contributed by atoms with E-state index in [2.05, 4.69) is 10.2 Å². The molecule has 134 valence electrons. The molecule has 1 aliphatic heterocycles. The van der Waals surface area contributed by atoms with Gasteiger partial charge in [0.25, 0.3) is 0 Å². The number of hydrogen-bond acceptors (Lipinski definition) is 2. The van der Waals surface area contributed by atoms with Gasteiger partial charge in [-0.3, -0.25) is 4.90 Å². The minimum atomic E-state index is -4.37. The maximum absolute atomic E-state index is 13.1. The minimum absolute atomic E-state index is 0.306. The topological polar surface area (TPSA) is 15.3 Å². The summed E-state index contributed by atoms with van der Waals surface area (Å²) in [7, 11) is 0. The van der Waals surface area contributed by atoms with Gasteiger partial charge in [0, 0.05) is 26.2 Å². The van der Waals surface area contributed by atoms with E-state index in [1.807, 2.05) is 6.07 Å². The molecular formula is C18H17Cl2F3N2. The van der Waals surface area contributed by atoms with Gasteiger partial charge in [0.15, 0.2) is 0 Å². The maximum Gasteiger partial charge on any atom is 0.416 e. The van der Waals surface area contributed by atoms with Gasteiger partial charge in [-0.05, 0) is 35.4 Å². The second-order valence-electron chi connectivity index (χ2n) is 5.99. The first-order valence-corrected chi connectivity index (χ1v) is 8.69. The summed E-state index contributed by atoms with van der Waals surface area (Å²) in [6, 6.07) is 10.4.